The Bertz CT molecular complexity index is 1390. The molecule has 4 N–H and O–H groups in total. The Hall–Kier alpha value is -4.66. The van der Waals surface area contributed by atoms with E-state index in [9.17, 15) is 22.8 Å². The molecule has 6 nitrogen and oxygen atoms in total. The number of pyridine rings is 1. The van der Waals surface area contributed by atoms with Gasteiger partial charge in [-0.2, -0.15) is 13.2 Å². The van der Waals surface area contributed by atoms with Gasteiger partial charge in [0.25, 0.3) is 11.8 Å². The predicted molar refractivity (Wildman–Crippen MR) is 131 cm³/mol. The number of hydrogen-bond donors (Lipinski definition) is 3. The summed E-state index contributed by atoms with van der Waals surface area (Å²) in [7, 11) is 0. The molecule has 4 rings (SSSR count). The van der Waals surface area contributed by atoms with Crippen LogP contribution in [0.25, 0.3) is 11.1 Å². The molecule has 36 heavy (non-hydrogen) atoms. The lowest BCUT2D eigenvalue weighted by Crippen LogP contribution is -2.24. The third-order valence-corrected chi connectivity index (χ3v) is 5.36. The van der Waals surface area contributed by atoms with Gasteiger partial charge in [0.2, 0.25) is 0 Å². The van der Waals surface area contributed by atoms with Crippen LogP contribution in [0.15, 0.2) is 91.0 Å². The largest absolute Gasteiger partial charge is 0.416 e. The molecule has 9 heteroatoms. The van der Waals surface area contributed by atoms with Crippen molar-refractivity contribution in [3.05, 3.63) is 113 Å². The van der Waals surface area contributed by atoms with Crippen LogP contribution in [0, 0.1) is 0 Å². The Morgan fingerprint density at radius 1 is 0.806 bits per heavy atom. The summed E-state index contributed by atoms with van der Waals surface area (Å²) in [6.07, 6.45) is -4.43. The molecule has 0 aliphatic rings. The SMILES string of the molecule is Nc1cccc(C(=O)NCc2ccc(NC(=O)c3ccccc3-c3ccc(C(F)(F)F)cc3)cc2)n1. The molecular weight excluding hydrogens is 469 g/mol. The summed E-state index contributed by atoms with van der Waals surface area (Å²) in [6, 6.07) is 23.0. The first kappa shape index (κ1) is 24.5. The van der Waals surface area contributed by atoms with Crippen LogP contribution in [0.4, 0.5) is 24.7 Å². The zero-order valence-electron chi connectivity index (χ0n) is 18.8. The molecule has 182 valence electrons. The molecule has 0 bridgehead atoms. The Morgan fingerprint density at radius 3 is 2.17 bits per heavy atom. The van der Waals surface area contributed by atoms with E-state index < -0.39 is 17.6 Å². The molecule has 4 aromatic rings. The van der Waals surface area contributed by atoms with E-state index in [0.29, 0.717) is 22.4 Å². The molecule has 1 heterocycles. The van der Waals surface area contributed by atoms with E-state index in [1.807, 2.05) is 0 Å². The molecule has 0 radical (unpaired) electrons. The zero-order valence-corrected chi connectivity index (χ0v) is 18.8. The van der Waals surface area contributed by atoms with Crippen LogP contribution in [0.2, 0.25) is 0 Å². The van der Waals surface area contributed by atoms with Gasteiger partial charge in [-0.15, -0.1) is 0 Å². The molecule has 0 aliphatic heterocycles. The summed E-state index contributed by atoms with van der Waals surface area (Å²) >= 11 is 0. The second-order valence-corrected chi connectivity index (χ2v) is 7.90. The minimum absolute atomic E-state index is 0.214. The summed E-state index contributed by atoms with van der Waals surface area (Å²) < 4.78 is 38.7. The number of nitrogens with one attached hydrogen (secondary N) is 2. The van der Waals surface area contributed by atoms with E-state index in [4.69, 9.17) is 5.73 Å². The highest BCUT2D eigenvalue weighted by Crippen LogP contribution is 2.32. The van der Waals surface area contributed by atoms with E-state index in [2.05, 4.69) is 15.6 Å². The molecule has 0 aliphatic carbocycles. The first-order valence-electron chi connectivity index (χ1n) is 10.9. The monoisotopic (exact) mass is 490 g/mol. The van der Waals surface area contributed by atoms with Crippen LogP contribution in [0.1, 0.15) is 32.0 Å². The fraction of sp³-hybridized carbons (Fsp3) is 0.0741. The van der Waals surface area contributed by atoms with Crippen LogP contribution < -0.4 is 16.4 Å². The number of alkyl halides is 3. The van der Waals surface area contributed by atoms with Gasteiger partial charge in [0.15, 0.2) is 0 Å². The van der Waals surface area contributed by atoms with Crippen molar-refractivity contribution in [3.63, 3.8) is 0 Å². The number of amides is 2. The van der Waals surface area contributed by atoms with Gasteiger partial charge in [-0.25, -0.2) is 4.98 Å². The van der Waals surface area contributed by atoms with Crippen LogP contribution in [0.3, 0.4) is 0 Å². The fourth-order valence-corrected chi connectivity index (χ4v) is 3.53. The molecule has 1 aromatic heterocycles. The summed E-state index contributed by atoms with van der Waals surface area (Å²) in [6.45, 7) is 0.250. The fourth-order valence-electron chi connectivity index (χ4n) is 3.53. The molecule has 3 aromatic carbocycles. The maximum absolute atomic E-state index is 13.0. The smallest absolute Gasteiger partial charge is 0.384 e. The Morgan fingerprint density at radius 2 is 1.50 bits per heavy atom. The molecular formula is C27H21F3N4O2. The number of halogens is 3. The van der Waals surface area contributed by atoms with Gasteiger partial charge in [0.1, 0.15) is 11.5 Å². The van der Waals surface area contributed by atoms with Gasteiger partial charge in [0.05, 0.1) is 5.56 Å². The van der Waals surface area contributed by atoms with Gasteiger partial charge in [-0.3, -0.25) is 9.59 Å². The highest BCUT2D eigenvalue weighted by molar-refractivity contribution is 6.08. The van der Waals surface area contributed by atoms with Crippen LogP contribution in [-0.4, -0.2) is 16.8 Å². The van der Waals surface area contributed by atoms with E-state index in [1.54, 1.807) is 66.7 Å². The number of nitrogen functional groups attached to an aromatic ring is 1. The Balaban J connectivity index is 1.42. The molecule has 0 spiro atoms. The van der Waals surface area contributed by atoms with E-state index in [0.717, 1.165) is 17.7 Å². The third kappa shape index (κ3) is 5.87. The maximum atomic E-state index is 13.0. The highest BCUT2D eigenvalue weighted by Gasteiger charge is 2.30. The number of nitrogens with two attached hydrogens (primary N) is 1. The molecule has 0 saturated carbocycles. The topological polar surface area (TPSA) is 97.1 Å². The van der Waals surface area contributed by atoms with Crippen molar-refractivity contribution < 1.29 is 22.8 Å². The van der Waals surface area contributed by atoms with E-state index in [-0.39, 0.29) is 24.0 Å². The van der Waals surface area contributed by atoms with Crippen molar-refractivity contribution in [2.45, 2.75) is 12.7 Å². The number of anilines is 2. The van der Waals surface area contributed by atoms with Gasteiger partial charge in [-0.1, -0.05) is 48.5 Å². The highest BCUT2D eigenvalue weighted by atomic mass is 19.4. The summed E-state index contributed by atoms with van der Waals surface area (Å²) in [5.74, 6) is -0.513. The number of hydrogen-bond acceptors (Lipinski definition) is 4. The summed E-state index contributed by atoms with van der Waals surface area (Å²) in [5, 5.41) is 5.55. The molecule has 0 fully saturated rings. The van der Waals surface area contributed by atoms with Crippen LogP contribution in [-0.2, 0) is 12.7 Å². The van der Waals surface area contributed by atoms with Crippen molar-refractivity contribution in [1.29, 1.82) is 0 Å². The van der Waals surface area contributed by atoms with Gasteiger partial charge < -0.3 is 16.4 Å². The zero-order chi connectivity index (χ0) is 25.7. The molecule has 0 atom stereocenters. The number of aromatic nitrogens is 1. The van der Waals surface area contributed by atoms with Crippen molar-refractivity contribution in [2.24, 2.45) is 0 Å². The minimum atomic E-state index is -4.43. The summed E-state index contributed by atoms with van der Waals surface area (Å²) in [4.78, 5) is 29.1. The van der Waals surface area contributed by atoms with Crippen LogP contribution in [0.5, 0.6) is 0 Å². The lowest BCUT2D eigenvalue weighted by molar-refractivity contribution is -0.137. The van der Waals surface area contributed by atoms with Crippen molar-refractivity contribution in [1.82, 2.24) is 10.3 Å². The van der Waals surface area contributed by atoms with Crippen LogP contribution >= 0.6 is 0 Å². The standard InChI is InChI=1S/C27H21F3N4O2/c28-27(29,30)19-12-10-18(11-13-19)21-4-1-2-5-22(21)25(35)33-20-14-8-17(9-15-20)16-32-26(36)23-6-3-7-24(31)34-23/h1-15H,16H2,(H2,31,34)(H,32,36)(H,33,35). The number of rotatable bonds is 6. The number of carbonyl (C=O) groups is 2. The predicted octanol–water partition coefficient (Wildman–Crippen LogP) is 5.53. The Kier molecular flexibility index (Phi) is 7.00. The number of carbonyl (C=O) groups excluding carboxylic acids is 2. The lowest BCUT2D eigenvalue weighted by Gasteiger charge is -2.12. The van der Waals surface area contributed by atoms with Crippen molar-refractivity contribution in [3.8, 4) is 11.1 Å². The van der Waals surface area contributed by atoms with E-state index >= 15 is 0 Å². The second-order valence-electron chi connectivity index (χ2n) is 7.90. The van der Waals surface area contributed by atoms with Gasteiger partial charge >= 0.3 is 6.18 Å². The molecule has 2 amide bonds. The Labute approximate surface area is 205 Å². The summed E-state index contributed by atoms with van der Waals surface area (Å²) in [5.41, 5.74) is 7.71. The normalized spacial score (nSPS) is 11.1. The van der Waals surface area contributed by atoms with Gasteiger partial charge in [-0.05, 0) is 59.2 Å². The number of benzene rings is 3. The maximum Gasteiger partial charge on any atom is 0.416 e. The average Bonchev–Trinajstić information content (AvgIpc) is 2.87. The molecule has 0 unspecified atom stereocenters. The first-order valence-corrected chi connectivity index (χ1v) is 10.9. The second kappa shape index (κ2) is 10.3. The van der Waals surface area contributed by atoms with Gasteiger partial charge in [0, 0.05) is 17.8 Å². The van der Waals surface area contributed by atoms with Crippen molar-refractivity contribution in [2.75, 3.05) is 11.1 Å². The average molecular weight is 490 g/mol. The van der Waals surface area contributed by atoms with Crippen molar-refractivity contribution >= 4 is 23.3 Å². The molecule has 0 saturated heterocycles. The van der Waals surface area contributed by atoms with E-state index in [1.165, 1.54) is 12.1 Å². The minimum Gasteiger partial charge on any atom is -0.384 e. The lowest BCUT2D eigenvalue weighted by atomic mass is 9.98. The quantitative estimate of drug-likeness (QED) is 0.331. The number of nitrogens with zero attached hydrogens (tertiary/aromatic N) is 1. The first-order chi connectivity index (χ1) is 17.2. The third-order valence-electron chi connectivity index (χ3n) is 5.36.